The zero-order valence-corrected chi connectivity index (χ0v) is 11.3. The Balaban J connectivity index is 1.85. The molecule has 3 rings (SSSR count). The maximum atomic E-state index is 11.2. The van der Waals surface area contributed by atoms with Crippen LogP contribution in [0.25, 0.3) is 0 Å². The second-order valence-corrected chi connectivity index (χ2v) is 5.31. The van der Waals surface area contributed by atoms with Crippen LogP contribution < -0.4 is 14.8 Å². The van der Waals surface area contributed by atoms with Crippen LogP contribution in [0.15, 0.2) is 12.1 Å². The summed E-state index contributed by atoms with van der Waals surface area (Å²) in [5.74, 6) is 1.02. The zero-order valence-electron chi connectivity index (χ0n) is 11.3. The molecule has 0 unspecified atom stereocenters. The van der Waals surface area contributed by atoms with Crippen molar-refractivity contribution in [2.45, 2.75) is 44.6 Å². The van der Waals surface area contributed by atoms with E-state index in [1.54, 1.807) is 6.07 Å². The van der Waals surface area contributed by atoms with Crippen LogP contribution in [0, 0.1) is 10.1 Å². The maximum absolute atomic E-state index is 11.2. The SMILES string of the molecule is O=[N+]([O-])c1cc2c(cc1NC1CCCCCC1)OCO2. The number of nitrogens with one attached hydrogen (secondary N) is 1. The molecule has 20 heavy (non-hydrogen) atoms. The number of ether oxygens (including phenoxy) is 2. The van der Waals surface area contributed by atoms with Gasteiger partial charge in [0.15, 0.2) is 11.5 Å². The summed E-state index contributed by atoms with van der Waals surface area (Å²) in [7, 11) is 0. The number of hydrogen-bond acceptors (Lipinski definition) is 5. The van der Waals surface area contributed by atoms with E-state index in [0.717, 1.165) is 12.8 Å². The molecule has 0 atom stereocenters. The lowest BCUT2D eigenvalue weighted by atomic mass is 10.1. The lowest BCUT2D eigenvalue weighted by Crippen LogP contribution is -2.19. The van der Waals surface area contributed by atoms with Crippen LogP contribution in [0.4, 0.5) is 11.4 Å². The average Bonchev–Trinajstić information content (AvgIpc) is 2.73. The minimum Gasteiger partial charge on any atom is -0.454 e. The van der Waals surface area contributed by atoms with Crippen molar-refractivity contribution in [2.24, 2.45) is 0 Å². The average molecular weight is 278 g/mol. The lowest BCUT2D eigenvalue weighted by Gasteiger charge is -2.17. The van der Waals surface area contributed by atoms with Gasteiger partial charge in [-0.25, -0.2) is 0 Å². The van der Waals surface area contributed by atoms with Gasteiger partial charge in [-0.3, -0.25) is 10.1 Å². The summed E-state index contributed by atoms with van der Waals surface area (Å²) >= 11 is 0. The minimum absolute atomic E-state index is 0.0542. The lowest BCUT2D eigenvalue weighted by molar-refractivity contribution is -0.384. The summed E-state index contributed by atoms with van der Waals surface area (Å²) in [6, 6.07) is 3.43. The van der Waals surface area contributed by atoms with Crippen molar-refractivity contribution in [2.75, 3.05) is 12.1 Å². The molecule has 0 bridgehead atoms. The Morgan fingerprint density at radius 1 is 1.10 bits per heavy atom. The molecule has 0 radical (unpaired) electrons. The van der Waals surface area contributed by atoms with Gasteiger partial charge in [0.25, 0.3) is 5.69 Å². The first-order valence-electron chi connectivity index (χ1n) is 7.08. The van der Waals surface area contributed by atoms with E-state index in [4.69, 9.17) is 9.47 Å². The highest BCUT2D eigenvalue weighted by atomic mass is 16.7. The molecule has 1 fully saturated rings. The summed E-state index contributed by atoms with van der Waals surface area (Å²) in [6.45, 7) is 0.124. The summed E-state index contributed by atoms with van der Waals surface area (Å²) in [5.41, 5.74) is 0.588. The van der Waals surface area contributed by atoms with Crippen LogP contribution in [0.5, 0.6) is 11.5 Å². The van der Waals surface area contributed by atoms with Gasteiger partial charge < -0.3 is 14.8 Å². The van der Waals surface area contributed by atoms with Crippen molar-refractivity contribution >= 4 is 11.4 Å². The van der Waals surface area contributed by atoms with Crippen LogP contribution in [-0.4, -0.2) is 17.8 Å². The highest BCUT2D eigenvalue weighted by Crippen LogP contribution is 2.41. The molecule has 1 heterocycles. The normalized spacial score (nSPS) is 18.6. The van der Waals surface area contributed by atoms with Gasteiger partial charge in [-0.15, -0.1) is 0 Å². The van der Waals surface area contributed by atoms with Crippen molar-refractivity contribution < 1.29 is 14.4 Å². The predicted molar refractivity (Wildman–Crippen MR) is 74.3 cm³/mol. The predicted octanol–water partition coefficient (Wildman–Crippen LogP) is 3.46. The molecule has 6 heteroatoms. The number of nitro groups is 1. The first kappa shape index (κ1) is 13.0. The fourth-order valence-corrected chi connectivity index (χ4v) is 2.84. The number of fused-ring (bicyclic) bond motifs is 1. The molecule has 1 aromatic carbocycles. The van der Waals surface area contributed by atoms with E-state index in [2.05, 4.69) is 5.32 Å². The molecule has 2 aliphatic rings. The van der Waals surface area contributed by atoms with Gasteiger partial charge in [-0.2, -0.15) is 0 Å². The molecule has 6 nitrogen and oxygen atoms in total. The number of rotatable bonds is 3. The van der Waals surface area contributed by atoms with Crippen molar-refractivity contribution in [3.63, 3.8) is 0 Å². The molecule has 1 N–H and O–H groups in total. The van der Waals surface area contributed by atoms with E-state index in [-0.39, 0.29) is 17.4 Å². The fraction of sp³-hybridized carbons (Fsp3) is 0.571. The monoisotopic (exact) mass is 278 g/mol. The van der Waals surface area contributed by atoms with Gasteiger partial charge in [-0.05, 0) is 12.8 Å². The number of anilines is 1. The highest BCUT2D eigenvalue weighted by molar-refractivity contribution is 5.69. The first-order valence-corrected chi connectivity index (χ1v) is 7.08. The van der Waals surface area contributed by atoms with Crippen molar-refractivity contribution in [1.29, 1.82) is 0 Å². The third-order valence-corrected chi connectivity index (χ3v) is 3.90. The second kappa shape index (κ2) is 5.56. The molecular formula is C14H18N2O4. The second-order valence-electron chi connectivity index (χ2n) is 5.31. The Morgan fingerprint density at radius 3 is 2.40 bits per heavy atom. The van der Waals surface area contributed by atoms with E-state index in [9.17, 15) is 10.1 Å². The molecule has 1 saturated carbocycles. The first-order chi connectivity index (χ1) is 9.74. The molecule has 1 aliphatic carbocycles. The molecule has 0 saturated heterocycles. The van der Waals surface area contributed by atoms with Crippen LogP contribution in [0.2, 0.25) is 0 Å². The van der Waals surface area contributed by atoms with Gasteiger partial charge >= 0.3 is 0 Å². The Bertz CT molecular complexity index is 510. The summed E-state index contributed by atoms with van der Waals surface area (Å²) in [4.78, 5) is 10.8. The van der Waals surface area contributed by atoms with E-state index in [1.807, 2.05) is 0 Å². The van der Waals surface area contributed by atoms with Gasteiger partial charge in [0.2, 0.25) is 6.79 Å². The van der Waals surface area contributed by atoms with Gasteiger partial charge in [0.1, 0.15) is 5.69 Å². The topological polar surface area (TPSA) is 73.6 Å². The molecule has 1 aliphatic heterocycles. The van der Waals surface area contributed by atoms with Crippen LogP contribution in [0.3, 0.4) is 0 Å². The van der Waals surface area contributed by atoms with Gasteiger partial charge in [-0.1, -0.05) is 25.7 Å². The maximum Gasteiger partial charge on any atom is 0.296 e. The van der Waals surface area contributed by atoms with Gasteiger partial charge in [0.05, 0.1) is 11.0 Å². The number of nitro benzene ring substituents is 1. The Morgan fingerprint density at radius 2 is 1.75 bits per heavy atom. The Kier molecular flexibility index (Phi) is 3.62. The van der Waals surface area contributed by atoms with Gasteiger partial charge in [0, 0.05) is 12.1 Å². The van der Waals surface area contributed by atoms with E-state index < -0.39 is 0 Å². The number of hydrogen-bond donors (Lipinski definition) is 1. The quantitative estimate of drug-likeness (QED) is 0.520. The third-order valence-electron chi connectivity index (χ3n) is 3.90. The van der Waals surface area contributed by atoms with Crippen LogP contribution in [0.1, 0.15) is 38.5 Å². The van der Waals surface area contributed by atoms with E-state index in [1.165, 1.54) is 31.7 Å². The highest BCUT2D eigenvalue weighted by Gasteiger charge is 2.25. The van der Waals surface area contributed by atoms with Crippen LogP contribution in [-0.2, 0) is 0 Å². The summed E-state index contributed by atoms with van der Waals surface area (Å²) < 4.78 is 10.5. The third kappa shape index (κ3) is 2.64. The van der Waals surface area contributed by atoms with Crippen molar-refractivity contribution in [1.82, 2.24) is 0 Å². The zero-order chi connectivity index (χ0) is 13.9. The molecule has 108 valence electrons. The molecule has 0 aromatic heterocycles. The summed E-state index contributed by atoms with van der Waals surface area (Å²) in [6.07, 6.45) is 6.98. The Hall–Kier alpha value is -1.98. The van der Waals surface area contributed by atoms with Crippen LogP contribution >= 0.6 is 0 Å². The minimum atomic E-state index is -0.374. The molecule has 0 spiro atoms. The standard InChI is InChI=1S/C14H18N2O4/c17-16(18)12-8-14-13(19-9-20-14)7-11(12)15-10-5-3-1-2-4-6-10/h7-8,10,15H,1-6,9H2. The summed E-state index contributed by atoms with van der Waals surface area (Å²) in [5, 5.41) is 14.5. The van der Waals surface area contributed by atoms with E-state index >= 15 is 0 Å². The van der Waals surface area contributed by atoms with E-state index in [0.29, 0.717) is 23.2 Å². The number of benzene rings is 1. The molecule has 0 amide bonds. The number of nitrogens with zero attached hydrogens (tertiary/aromatic N) is 1. The largest absolute Gasteiger partial charge is 0.454 e. The molecular weight excluding hydrogens is 260 g/mol. The fourth-order valence-electron chi connectivity index (χ4n) is 2.84. The van der Waals surface area contributed by atoms with Crippen molar-refractivity contribution in [3.05, 3.63) is 22.2 Å². The molecule has 1 aromatic rings. The smallest absolute Gasteiger partial charge is 0.296 e. The van der Waals surface area contributed by atoms with Crippen molar-refractivity contribution in [3.8, 4) is 11.5 Å². The Labute approximate surface area is 117 Å².